The average Bonchev–Trinajstić information content (AvgIpc) is 3.07. The zero-order chi connectivity index (χ0) is 20.1. The molecule has 0 aliphatic carbocycles. The summed E-state index contributed by atoms with van der Waals surface area (Å²) in [6, 6.07) is 16.3. The molecule has 0 saturated carbocycles. The van der Waals surface area contributed by atoms with Gasteiger partial charge in [0, 0.05) is 26.2 Å². The van der Waals surface area contributed by atoms with Gasteiger partial charge in [0.05, 0.1) is 11.2 Å². The third-order valence-electron chi connectivity index (χ3n) is 5.60. The molecule has 1 aliphatic heterocycles. The number of hydrogen-bond donors (Lipinski definition) is 1. The fraction of sp³-hybridized carbons (Fsp3) is 0.391. The van der Waals surface area contributed by atoms with Crippen LogP contribution in [0.1, 0.15) is 18.4 Å². The summed E-state index contributed by atoms with van der Waals surface area (Å²) in [6.45, 7) is 4.80. The Balaban J connectivity index is 1.42. The normalized spacial score (nSPS) is 15.4. The molecule has 1 aromatic heterocycles. The van der Waals surface area contributed by atoms with E-state index in [1.165, 1.54) is 5.56 Å². The number of amides is 1. The van der Waals surface area contributed by atoms with Gasteiger partial charge in [-0.15, -0.1) is 0 Å². The molecule has 2 aromatic carbocycles. The van der Waals surface area contributed by atoms with Crippen molar-refractivity contribution in [3.8, 4) is 0 Å². The second kappa shape index (κ2) is 9.09. The highest BCUT2D eigenvalue weighted by molar-refractivity contribution is 5.95. The summed E-state index contributed by atoms with van der Waals surface area (Å²) in [7, 11) is 2.17. The maximum atomic E-state index is 12.7. The zero-order valence-electron chi connectivity index (χ0n) is 17.1. The molecule has 1 amide bonds. The number of hydrogen-bond acceptors (Lipinski definition) is 4. The van der Waals surface area contributed by atoms with Crippen LogP contribution in [0.25, 0.3) is 11.0 Å². The summed E-state index contributed by atoms with van der Waals surface area (Å²) in [4.78, 5) is 22.0. The van der Waals surface area contributed by atoms with Crippen LogP contribution in [0, 0.1) is 0 Å². The fourth-order valence-corrected chi connectivity index (χ4v) is 3.95. The zero-order valence-corrected chi connectivity index (χ0v) is 17.1. The van der Waals surface area contributed by atoms with Gasteiger partial charge >= 0.3 is 6.03 Å². The number of nitrogens with one attached hydrogen (secondary N) is 1. The molecule has 1 N–H and O–H groups in total. The quantitative estimate of drug-likeness (QED) is 0.678. The number of aromatic nitrogens is 2. The maximum Gasteiger partial charge on any atom is 0.327 e. The third-order valence-corrected chi connectivity index (χ3v) is 5.60. The van der Waals surface area contributed by atoms with Gasteiger partial charge in [-0.05, 0) is 50.6 Å². The Hall–Kier alpha value is -2.86. The Morgan fingerprint density at radius 1 is 1.03 bits per heavy atom. The van der Waals surface area contributed by atoms with Crippen LogP contribution in [0.3, 0.4) is 0 Å². The van der Waals surface area contributed by atoms with Gasteiger partial charge in [-0.1, -0.05) is 36.4 Å². The van der Waals surface area contributed by atoms with E-state index in [0.717, 1.165) is 62.2 Å². The van der Waals surface area contributed by atoms with E-state index in [4.69, 9.17) is 0 Å². The van der Waals surface area contributed by atoms with Crippen molar-refractivity contribution in [1.82, 2.24) is 19.8 Å². The first-order valence-corrected chi connectivity index (χ1v) is 10.4. The topological polar surface area (TPSA) is 53.4 Å². The number of aryl methyl sites for hydroxylation is 1. The molecule has 6 nitrogen and oxygen atoms in total. The predicted octanol–water partition coefficient (Wildman–Crippen LogP) is 3.37. The molecule has 0 bridgehead atoms. The van der Waals surface area contributed by atoms with E-state index in [0.29, 0.717) is 6.54 Å². The smallest absolute Gasteiger partial charge is 0.327 e. The van der Waals surface area contributed by atoms with Crippen molar-refractivity contribution in [2.45, 2.75) is 19.3 Å². The number of carbonyl (C=O) groups is 1. The molecule has 3 aromatic rings. The van der Waals surface area contributed by atoms with Gasteiger partial charge in [0.2, 0.25) is 0 Å². The fourth-order valence-electron chi connectivity index (χ4n) is 3.95. The van der Waals surface area contributed by atoms with Crippen LogP contribution in [0.4, 0.5) is 10.5 Å². The summed E-state index contributed by atoms with van der Waals surface area (Å²) in [5, 5.41) is 3.03. The summed E-state index contributed by atoms with van der Waals surface area (Å²) in [5.41, 5.74) is 4.17. The van der Waals surface area contributed by atoms with Gasteiger partial charge in [-0.25, -0.2) is 9.78 Å². The second-order valence-corrected chi connectivity index (χ2v) is 7.72. The SMILES string of the molecule is CN1CCCN(c2cccc3c2ncn3C(=O)NCCCc2ccccc2)CC1. The van der Waals surface area contributed by atoms with Crippen molar-refractivity contribution >= 4 is 22.8 Å². The maximum absolute atomic E-state index is 12.7. The summed E-state index contributed by atoms with van der Waals surface area (Å²) in [5.74, 6) is 0. The van der Waals surface area contributed by atoms with Crippen LogP contribution in [0.15, 0.2) is 54.9 Å². The lowest BCUT2D eigenvalue weighted by Crippen LogP contribution is -2.29. The van der Waals surface area contributed by atoms with Crippen LogP contribution in [-0.4, -0.2) is 60.3 Å². The molecule has 1 saturated heterocycles. The first-order valence-electron chi connectivity index (χ1n) is 10.4. The molecule has 0 spiro atoms. The van der Waals surface area contributed by atoms with Gasteiger partial charge < -0.3 is 15.1 Å². The minimum Gasteiger partial charge on any atom is -0.368 e. The molecule has 1 aliphatic rings. The number of benzene rings is 2. The Labute approximate surface area is 172 Å². The van der Waals surface area contributed by atoms with Crippen molar-refractivity contribution in [1.29, 1.82) is 0 Å². The van der Waals surface area contributed by atoms with Crippen molar-refractivity contribution in [3.63, 3.8) is 0 Å². The lowest BCUT2D eigenvalue weighted by atomic mass is 10.1. The molecule has 0 radical (unpaired) electrons. The van der Waals surface area contributed by atoms with Crippen molar-refractivity contribution in [2.24, 2.45) is 0 Å². The monoisotopic (exact) mass is 391 g/mol. The number of fused-ring (bicyclic) bond motifs is 1. The molecular weight excluding hydrogens is 362 g/mol. The second-order valence-electron chi connectivity index (χ2n) is 7.72. The molecule has 0 atom stereocenters. The van der Waals surface area contributed by atoms with Crippen LogP contribution < -0.4 is 10.2 Å². The van der Waals surface area contributed by atoms with Gasteiger partial charge in [0.25, 0.3) is 0 Å². The Kier molecular flexibility index (Phi) is 6.10. The van der Waals surface area contributed by atoms with Crippen LogP contribution in [0.2, 0.25) is 0 Å². The number of likely N-dealkylation sites (N-methyl/N-ethyl adjacent to an activating group) is 1. The number of anilines is 1. The lowest BCUT2D eigenvalue weighted by molar-refractivity contribution is 0.243. The van der Waals surface area contributed by atoms with Crippen molar-refractivity contribution in [3.05, 3.63) is 60.4 Å². The summed E-state index contributed by atoms with van der Waals surface area (Å²) < 4.78 is 1.63. The molecule has 4 rings (SSSR count). The van der Waals surface area contributed by atoms with E-state index in [2.05, 4.69) is 45.3 Å². The molecule has 6 heteroatoms. The summed E-state index contributed by atoms with van der Waals surface area (Å²) >= 11 is 0. The number of rotatable bonds is 5. The molecule has 2 heterocycles. The number of carbonyl (C=O) groups excluding carboxylic acids is 1. The van der Waals surface area contributed by atoms with E-state index >= 15 is 0 Å². The summed E-state index contributed by atoms with van der Waals surface area (Å²) in [6.07, 6.45) is 4.65. The van der Waals surface area contributed by atoms with E-state index in [9.17, 15) is 4.79 Å². The number of para-hydroxylation sites is 1. The standard InChI is InChI=1S/C23H29N5O/c1-26-14-7-15-27(17-16-26)20-11-5-12-21-22(20)25-18-28(21)23(29)24-13-6-10-19-8-3-2-4-9-19/h2-5,8-9,11-12,18H,6-7,10,13-17H2,1H3,(H,24,29). The average molecular weight is 392 g/mol. The van der Waals surface area contributed by atoms with Gasteiger partial charge in [0.15, 0.2) is 0 Å². The van der Waals surface area contributed by atoms with E-state index in [-0.39, 0.29) is 6.03 Å². The molecule has 0 unspecified atom stereocenters. The number of nitrogens with zero attached hydrogens (tertiary/aromatic N) is 4. The third kappa shape index (κ3) is 4.59. The lowest BCUT2D eigenvalue weighted by Gasteiger charge is -2.23. The minimum absolute atomic E-state index is 0.117. The Bertz CT molecular complexity index is 952. The highest BCUT2D eigenvalue weighted by Gasteiger charge is 2.18. The minimum atomic E-state index is -0.117. The molecule has 1 fully saturated rings. The Morgan fingerprint density at radius 3 is 2.76 bits per heavy atom. The van der Waals surface area contributed by atoms with Crippen LogP contribution in [-0.2, 0) is 6.42 Å². The largest absolute Gasteiger partial charge is 0.368 e. The first-order chi connectivity index (χ1) is 14.2. The van der Waals surface area contributed by atoms with Crippen LogP contribution in [0.5, 0.6) is 0 Å². The number of imidazole rings is 1. The van der Waals surface area contributed by atoms with Crippen molar-refractivity contribution < 1.29 is 4.79 Å². The first kappa shape index (κ1) is 19.5. The molecule has 152 valence electrons. The van der Waals surface area contributed by atoms with E-state index in [1.807, 2.05) is 30.3 Å². The van der Waals surface area contributed by atoms with Crippen LogP contribution >= 0.6 is 0 Å². The van der Waals surface area contributed by atoms with Gasteiger partial charge in [-0.2, -0.15) is 0 Å². The predicted molar refractivity (Wildman–Crippen MR) is 118 cm³/mol. The van der Waals surface area contributed by atoms with Gasteiger partial charge in [-0.3, -0.25) is 4.57 Å². The van der Waals surface area contributed by atoms with Gasteiger partial charge in [0.1, 0.15) is 11.8 Å². The van der Waals surface area contributed by atoms with E-state index in [1.54, 1.807) is 10.9 Å². The molecular formula is C23H29N5O. The highest BCUT2D eigenvalue weighted by atomic mass is 16.2. The molecule has 29 heavy (non-hydrogen) atoms. The van der Waals surface area contributed by atoms with E-state index < -0.39 is 0 Å². The van der Waals surface area contributed by atoms with Crippen molar-refractivity contribution in [2.75, 3.05) is 44.7 Å². The Morgan fingerprint density at radius 2 is 1.90 bits per heavy atom. The highest BCUT2D eigenvalue weighted by Crippen LogP contribution is 2.26.